The van der Waals surface area contributed by atoms with Crippen LogP contribution in [0.1, 0.15) is 24.5 Å². The molecule has 1 atom stereocenters. The van der Waals surface area contributed by atoms with Crippen LogP contribution in [0, 0.1) is 6.92 Å². The SMILES string of the molecule is CCCc1ccccc1S(=O)Oc1ccc(C)cc1. The third kappa shape index (κ3) is 3.67. The van der Waals surface area contributed by atoms with Crippen molar-refractivity contribution >= 4 is 11.1 Å². The zero-order chi connectivity index (χ0) is 13.7. The second kappa shape index (κ2) is 6.53. The second-order valence-corrected chi connectivity index (χ2v) is 5.56. The molecule has 2 aromatic carbocycles. The Morgan fingerprint density at radius 3 is 2.42 bits per heavy atom. The Balaban J connectivity index is 2.18. The lowest BCUT2D eigenvalue weighted by Gasteiger charge is -2.09. The van der Waals surface area contributed by atoms with Crippen LogP contribution >= 0.6 is 0 Å². The minimum Gasteiger partial charge on any atom is -0.397 e. The molecule has 1 unspecified atom stereocenters. The molecule has 0 saturated carbocycles. The summed E-state index contributed by atoms with van der Waals surface area (Å²) in [6, 6.07) is 15.3. The van der Waals surface area contributed by atoms with Gasteiger partial charge in [-0.25, -0.2) is 4.21 Å². The first kappa shape index (κ1) is 13.8. The quantitative estimate of drug-likeness (QED) is 0.822. The molecule has 100 valence electrons. The predicted molar refractivity (Wildman–Crippen MR) is 78.7 cm³/mol. The van der Waals surface area contributed by atoms with Crippen molar-refractivity contribution in [3.63, 3.8) is 0 Å². The number of rotatable bonds is 5. The first-order valence-corrected chi connectivity index (χ1v) is 7.53. The van der Waals surface area contributed by atoms with Gasteiger partial charge in [0.15, 0.2) is 0 Å². The van der Waals surface area contributed by atoms with Crippen molar-refractivity contribution in [1.29, 1.82) is 0 Å². The van der Waals surface area contributed by atoms with Crippen LogP contribution in [-0.2, 0) is 17.5 Å². The molecular formula is C16H18O2S. The molecular weight excluding hydrogens is 256 g/mol. The van der Waals surface area contributed by atoms with Crippen LogP contribution < -0.4 is 4.18 Å². The zero-order valence-electron chi connectivity index (χ0n) is 11.3. The summed E-state index contributed by atoms with van der Waals surface area (Å²) in [7, 11) is 0. The summed E-state index contributed by atoms with van der Waals surface area (Å²) in [6.45, 7) is 4.12. The van der Waals surface area contributed by atoms with Crippen LogP contribution in [0.2, 0.25) is 0 Å². The van der Waals surface area contributed by atoms with Crippen molar-refractivity contribution in [3.8, 4) is 5.75 Å². The summed E-state index contributed by atoms with van der Waals surface area (Å²) in [4.78, 5) is 0.768. The number of hydrogen-bond acceptors (Lipinski definition) is 2. The van der Waals surface area contributed by atoms with E-state index in [1.54, 1.807) is 0 Å². The molecule has 0 amide bonds. The summed E-state index contributed by atoms with van der Waals surface area (Å²) >= 11 is -1.45. The van der Waals surface area contributed by atoms with Crippen LogP contribution in [0.15, 0.2) is 53.4 Å². The van der Waals surface area contributed by atoms with Gasteiger partial charge >= 0.3 is 0 Å². The molecule has 3 heteroatoms. The van der Waals surface area contributed by atoms with Crippen molar-refractivity contribution in [3.05, 3.63) is 59.7 Å². The highest BCUT2D eigenvalue weighted by atomic mass is 32.2. The largest absolute Gasteiger partial charge is 0.397 e. The van der Waals surface area contributed by atoms with Crippen LogP contribution in [0.4, 0.5) is 0 Å². The highest BCUT2D eigenvalue weighted by molar-refractivity contribution is 7.80. The highest BCUT2D eigenvalue weighted by Gasteiger charge is 2.11. The zero-order valence-corrected chi connectivity index (χ0v) is 12.1. The third-order valence-electron chi connectivity index (χ3n) is 2.86. The molecule has 2 rings (SSSR count). The molecule has 19 heavy (non-hydrogen) atoms. The summed E-state index contributed by atoms with van der Waals surface area (Å²) in [5.74, 6) is 0.634. The van der Waals surface area contributed by atoms with E-state index in [0.717, 1.165) is 28.9 Å². The first-order valence-electron chi connectivity index (χ1n) is 6.45. The van der Waals surface area contributed by atoms with Crippen molar-refractivity contribution in [2.24, 2.45) is 0 Å². The van der Waals surface area contributed by atoms with Gasteiger partial charge in [0.2, 0.25) is 11.1 Å². The summed E-state index contributed by atoms with van der Waals surface area (Å²) in [5, 5.41) is 0. The molecule has 0 saturated heterocycles. The van der Waals surface area contributed by atoms with Gasteiger partial charge in [-0.3, -0.25) is 0 Å². The standard InChI is InChI=1S/C16H18O2S/c1-3-6-14-7-4-5-8-16(14)19(17)18-15-11-9-13(2)10-12-15/h4-5,7-12H,3,6H2,1-2H3. The van der Waals surface area contributed by atoms with Crippen molar-refractivity contribution in [2.45, 2.75) is 31.6 Å². The molecule has 2 nitrogen and oxygen atoms in total. The van der Waals surface area contributed by atoms with Crippen LogP contribution in [0.25, 0.3) is 0 Å². The third-order valence-corrected chi connectivity index (χ3v) is 3.97. The molecule has 0 aliphatic rings. The van der Waals surface area contributed by atoms with E-state index < -0.39 is 11.1 Å². The maximum atomic E-state index is 12.3. The summed E-state index contributed by atoms with van der Waals surface area (Å²) < 4.78 is 17.8. The Kier molecular flexibility index (Phi) is 4.74. The van der Waals surface area contributed by atoms with E-state index in [2.05, 4.69) is 6.92 Å². The molecule has 0 aliphatic heterocycles. The Hall–Kier alpha value is -1.61. The minimum absolute atomic E-state index is 0.634. The van der Waals surface area contributed by atoms with E-state index >= 15 is 0 Å². The Labute approximate surface area is 117 Å². The first-order chi connectivity index (χ1) is 9.20. The van der Waals surface area contributed by atoms with E-state index in [4.69, 9.17) is 4.18 Å². The van der Waals surface area contributed by atoms with E-state index in [-0.39, 0.29) is 0 Å². The predicted octanol–water partition coefficient (Wildman–Crippen LogP) is 4.05. The van der Waals surface area contributed by atoms with E-state index in [1.165, 1.54) is 0 Å². The van der Waals surface area contributed by atoms with E-state index in [9.17, 15) is 4.21 Å². The number of hydrogen-bond donors (Lipinski definition) is 0. The molecule has 0 heterocycles. The smallest absolute Gasteiger partial charge is 0.240 e. The van der Waals surface area contributed by atoms with Gasteiger partial charge in [0.1, 0.15) is 5.75 Å². The second-order valence-electron chi connectivity index (χ2n) is 4.49. The molecule has 0 aromatic heterocycles. The lowest BCUT2D eigenvalue weighted by Crippen LogP contribution is -2.04. The monoisotopic (exact) mass is 274 g/mol. The van der Waals surface area contributed by atoms with Gasteiger partial charge in [-0.05, 0) is 37.1 Å². The molecule has 2 aromatic rings. The van der Waals surface area contributed by atoms with Crippen LogP contribution in [0.3, 0.4) is 0 Å². The van der Waals surface area contributed by atoms with Crippen LogP contribution in [0.5, 0.6) is 5.75 Å². The van der Waals surface area contributed by atoms with Crippen LogP contribution in [-0.4, -0.2) is 4.21 Å². The van der Waals surface area contributed by atoms with Gasteiger partial charge in [-0.2, -0.15) is 0 Å². The fourth-order valence-corrected chi connectivity index (χ4v) is 2.82. The Morgan fingerprint density at radius 1 is 1.05 bits per heavy atom. The normalized spacial score (nSPS) is 12.1. The average Bonchev–Trinajstić information content (AvgIpc) is 2.42. The summed E-state index contributed by atoms with van der Waals surface area (Å²) in [6.07, 6.45) is 1.94. The lowest BCUT2D eigenvalue weighted by atomic mass is 10.1. The lowest BCUT2D eigenvalue weighted by molar-refractivity contribution is 0.560. The van der Waals surface area contributed by atoms with Gasteiger partial charge in [-0.15, -0.1) is 0 Å². The van der Waals surface area contributed by atoms with Gasteiger partial charge < -0.3 is 4.18 Å². The van der Waals surface area contributed by atoms with Crippen molar-refractivity contribution in [1.82, 2.24) is 0 Å². The van der Waals surface area contributed by atoms with E-state index in [1.807, 2.05) is 55.5 Å². The van der Waals surface area contributed by atoms with Crippen molar-refractivity contribution < 1.29 is 8.39 Å². The molecule has 0 N–H and O–H groups in total. The van der Waals surface area contributed by atoms with E-state index in [0.29, 0.717) is 5.75 Å². The molecule has 0 fully saturated rings. The van der Waals surface area contributed by atoms with Gasteiger partial charge in [-0.1, -0.05) is 49.2 Å². The number of aryl methyl sites for hydroxylation is 2. The molecule has 0 bridgehead atoms. The average molecular weight is 274 g/mol. The Bertz CT molecular complexity index is 561. The topological polar surface area (TPSA) is 26.3 Å². The minimum atomic E-state index is -1.45. The Morgan fingerprint density at radius 2 is 1.74 bits per heavy atom. The van der Waals surface area contributed by atoms with Gasteiger partial charge in [0.05, 0.1) is 4.90 Å². The molecule has 0 radical (unpaired) electrons. The fraction of sp³-hybridized carbons (Fsp3) is 0.250. The van der Waals surface area contributed by atoms with Crippen molar-refractivity contribution in [2.75, 3.05) is 0 Å². The molecule has 0 aliphatic carbocycles. The highest BCUT2D eigenvalue weighted by Crippen LogP contribution is 2.20. The summed E-state index contributed by atoms with van der Waals surface area (Å²) in [5.41, 5.74) is 2.25. The molecule has 0 spiro atoms. The maximum absolute atomic E-state index is 12.3. The maximum Gasteiger partial charge on any atom is 0.240 e. The fourth-order valence-electron chi connectivity index (χ4n) is 1.87. The number of benzene rings is 2. The van der Waals surface area contributed by atoms with Gasteiger partial charge in [0, 0.05) is 0 Å². The van der Waals surface area contributed by atoms with Gasteiger partial charge in [0.25, 0.3) is 0 Å².